The van der Waals surface area contributed by atoms with Crippen molar-refractivity contribution in [1.29, 1.82) is 0 Å². The summed E-state index contributed by atoms with van der Waals surface area (Å²) in [5.41, 5.74) is 10.2. The van der Waals surface area contributed by atoms with E-state index >= 15 is 0 Å². The Morgan fingerprint density at radius 2 is 1.67 bits per heavy atom. The van der Waals surface area contributed by atoms with Crippen LogP contribution in [0.3, 0.4) is 0 Å². The molecule has 1 aliphatic heterocycles. The molecule has 0 saturated heterocycles. The van der Waals surface area contributed by atoms with Crippen molar-refractivity contribution in [1.82, 2.24) is 5.32 Å². The molecule has 2 atom stereocenters. The summed E-state index contributed by atoms with van der Waals surface area (Å²) in [6.45, 7) is 2.20. The average Bonchev–Trinajstić information content (AvgIpc) is 2.70. The number of halogens is 1. The van der Waals surface area contributed by atoms with Crippen LogP contribution in [0.5, 0.6) is 0 Å². The third-order valence-corrected chi connectivity index (χ3v) is 8.96. The Bertz CT molecular complexity index is 823. The molecule has 2 nitrogen and oxygen atoms in total. The monoisotopic (exact) mass is 396 g/mol. The minimum absolute atomic E-state index is 0.0462. The van der Waals surface area contributed by atoms with Gasteiger partial charge in [0.15, 0.2) is 4.74 Å². The quantitative estimate of drug-likeness (QED) is 0.446. The Balaban J connectivity index is 1.86. The van der Waals surface area contributed by atoms with Crippen molar-refractivity contribution in [2.75, 3.05) is 0 Å². The van der Waals surface area contributed by atoms with Crippen molar-refractivity contribution in [2.45, 2.75) is 43.4 Å². The molecule has 3 N–H and O–H groups in total. The fourth-order valence-corrected chi connectivity index (χ4v) is 7.68. The highest BCUT2D eigenvalue weighted by Crippen LogP contribution is 2.56. The first kappa shape index (κ1) is 18.7. The number of nitrogens with two attached hydrogens (primary N) is 1. The molecule has 4 heteroatoms. The van der Waals surface area contributed by atoms with Crippen LogP contribution in [0.25, 0.3) is 0 Å². The van der Waals surface area contributed by atoms with Crippen molar-refractivity contribution in [3.63, 3.8) is 0 Å². The molecular formula is C23H26ClN2P. The summed E-state index contributed by atoms with van der Waals surface area (Å²) < 4.78 is -0.652. The van der Waals surface area contributed by atoms with Gasteiger partial charge >= 0.3 is 0 Å². The van der Waals surface area contributed by atoms with Crippen molar-refractivity contribution in [3.05, 3.63) is 83.6 Å². The van der Waals surface area contributed by atoms with Crippen LogP contribution >= 0.6 is 19.5 Å². The fourth-order valence-electron chi connectivity index (χ4n) is 4.11. The van der Waals surface area contributed by atoms with Crippen molar-refractivity contribution >= 4 is 30.1 Å². The van der Waals surface area contributed by atoms with Crippen LogP contribution < -0.4 is 21.7 Å². The second kappa shape index (κ2) is 7.80. The van der Waals surface area contributed by atoms with E-state index in [1.165, 1.54) is 21.8 Å². The van der Waals surface area contributed by atoms with E-state index in [2.05, 4.69) is 79.0 Å². The highest BCUT2D eigenvalue weighted by atomic mass is 35.5. The SMILES string of the molecule is CCC1=CC2=C(NC1(Cl)P(c1ccccc1)c1ccccc1)C(N)CCC2. The van der Waals surface area contributed by atoms with E-state index in [9.17, 15) is 0 Å². The third-order valence-electron chi connectivity index (χ3n) is 5.47. The summed E-state index contributed by atoms with van der Waals surface area (Å²) in [7, 11) is -0.851. The van der Waals surface area contributed by atoms with Gasteiger partial charge in [-0.15, -0.1) is 0 Å². The van der Waals surface area contributed by atoms with Gasteiger partial charge in [0.25, 0.3) is 0 Å². The van der Waals surface area contributed by atoms with E-state index in [0.717, 1.165) is 31.4 Å². The second-order valence-corrected chi connectivity index (χ2v) is 10.4. The van der Waals surface area contributed by atoms with Gasteiger partial charge < -0.3 is 11.1 Å². The van der Waals surface area contributed by atoms with Crippen LogP contribution in [0.4, 0.5) is 0 Å². The van der Waals surface area contributed by atoms with E-state index in [-0.39, 0.29) is 6.04 Å². The van der Waals surface area contributed by atoms with Crippen LogP contribution in [0.1, 0.15) is 32.6 Å². The van der Waals surface area contributed by atoms with Crippen LogP contribution in [0.15, 0.2) is 83.6 Å². The van der Waals surface area contributed by atoms with Gasteiger partial charge in [0.1, 0.15) is 0 Å². The summed E-state index contributed by atoms with van der Waals surface area (Å²) in [5, 5.41) is 6.30. The maximum Gasteiger partial charge on any atom is 0.161 e. The van der Waals surface area contributed by atoms with Gasteiger partial charge in [-0.25, -0.2) is 0 Å². The largest absolute Gasteiger partial charge is 0.361 e. The first-order valence-corrected chi connectivity index (χ1v) is 11.4. The minimum Gasteiger partial charge on any atom is -0.361 e. The fraction of sp³-hybridized carbons (Fsp3) is 0.304. The first-order valence-electron chi connectivity index (χ1n) is 9.70. The number of rotatable bonds is 4. The summed E-state index contributed by atoms with van der Waals surface area (Å²) in [4.78, 5) is 0. The zero-order chi connectivity index (χ0) is 18.9. The van der Waals surface area contributed by atoms with Crippen molar-refractivity contribution < 1.29 is 0 Å². The van der Waals surface area contributed by atoms with E-state index < -0.39 is 12.7 Å². The number of alkyl halides is 1. The van der Waals surface area contributed by atoms with E-state index in [4.69, 9.17) is 17.3 Å². The number of hydrogen-bond acceptors (Lipinski definition) is 2. The lowest BCUT2D eigenvalue weighted by Gasteiger charge is -2.45. The molecular weight excluding hydrogens is 371 g/mol. The normalized spacial score (nSPS) is 25.0. The Kier molecular flexibility index (Phi) is 5.41. The van der Waals surface area contributed by atoms with Gasteiger partial charge in [0.2, 0.25) is 0 Å². The molecule has 2 unspecified atom stereocenters. The van der Waals surface area contributed by atoms with Gasteiger partial charge in [-0.2, -0.15) is 0 Å². The molecule has 0 radical (unpaired) electrons. The molecule has 0 spiro atoms. The number of nitrogens with one attached hydrogen (secondary N) is 1. The maximum absolute atomic E-state index is 7.52. The minimum atomic E-state index is -0.851. The predicted molar refractivity (Wildman–Crippen MR) is 118 cm³/mol. The number of hydrogen-bond donors (Lipinski definition) is 2. The van der Waals surface area contributed by atoms with Crippen molar-refractivity contribution in [2.24, 2.45) is 5.73 Å². The molecule has 1 aliphatic carbocycles. The summed E-state index contributed by atoms with van der Waals surface area (Å²) in [6, 6.07) is 21.4. The first-order chi connectivity index (χ1) is 13.1. The molecule has 27 heavy (non-hydrogen) atoms. The zero-order valence-electron chi connectivity index (χ0n) is 15.7. The van der Waals surface area contributed by atoms with E-state index in [1.807, 2.05) is 0 Å². The molecule has 2 aromatic rings. The van der Waals surface area contributed by atoms with Gasteiger partial charge in [0.05, 0.1) is 0 Å². The van der Waals surface area contributed by atoms with E-state index in [1.54, 1.807) is 0 Å². The maximum atomic E-state index is 7.52. The molecule has 2 aromatic carbocycles. The zero-order valence-corrected chi connectivity index (χ0v) is 17.3. The Hall–Kier alpha value is -1.60. The smallest absolute Gasteiger partial charge is 0.161 e. The Labute approximate surface area is 168 Å². The van der Waals surface area contributed by atoms with Gasteiger partial charge in [-0.1, -0.05) is 85.3 Å². The molecule has 0 aromatic heterocycles. The third kappa shape index (κ3) is 3.47. The molecule has 0 fully saturated rings. The molecule has 1 heterocycles. The predicted octanol–water partition coefficient (Wildman–Crippen LogP) is 4.72. The van der Waals surface area contributed by atoms with Gasteiger partial charge in [0, 0.05) is 19.7 Å². The molecule has 140 valence electrons. The topological polar surface area (TPSA) is 38.0 Å². The van der Waals surface area contributed by atoms with Gasteiger partial charge in [-0.3, -0.25) is 0 Å². The average molecular weight is 397 g/mol. The number of allylic oxidation sites excluding steroid dienone is 2. The summed E-state index contributed by atoms with van der Waals surface area (Å²) >= 11 is 7.52. The number of dihydropyridines is 1. The van der Waals surface area contributed by atoms with Crippen LogP contribution in [0, 0.1) is 0 Å². The molecule has 0 bridgehead atoms. The molecule has 4 rings (SSSR count). The molecule has 0 amide bonds. The summed E-state index contributed by atoms with van der Waals surface area (Å²) in [6.07, 6.45) is 6.50. The lowest BCUT2D eigenvalue weighted by atomic mass is 9.88. The highest BCUT2D eigenvalue weighted by Gasteiger charge is 2.45. The molecule has 2 aliphatic rings. The Morgan fingerprint density at radius 3 is 2.22 bits per heavy atom. The van der Waals surface area contributed by atoms with Gasteiger partial charge in [-0.05, 0) is 47.4 Å². The Morgan fingerprint density at radius 1 is 1.07 bits per heavy atom. The van der Waals surface area contributed by atoms with Crippen LogP contribution in [-0.4, -0.2) is 10.8 Å². The second-order valence-electron chi connectivity index (χ2n) is 7.21. The van der Waals surface area contributed by atoms with Crippen molar-refractivity contribution in [3.8, 4) is 0 Å². The van der Waals surface area contributed by atoms with Crippen LogP contribution in [-0.2, 0) is 0 Å². The lowest BCUT2D eigenvalue weighted by Crippen LogP contribution is -2.50. The standard InChI is InChI=1S/C23H26ClN2P/c1-2-18-16-17-10-9-15-21(25)22(17)26-23(18,24)27(19-11-5-3-6-12-19)20-13-7-4-8-14-20/h3-8,11-14,16,21,26H,2,9-10,15,25H2,1H3. The lowest BCUT2D eigenvalue weighted by molar-refractivity contribution is 0.531. The molecule has 0 saturated carbocycles. The van der Waals surface area contributed by atoms with E-state index in [0.29, 0.717) is 0 Å². The number of benzene rings is 2. The summed E-state index contributed by atoms with van der Waals surface area (Å²) in [5.74, 6) is 0. The highest BCUT2D eigenvalue weighted by molar-refractivity contribution is 7.76. The van der Waals surface area contributed by atoms with Crippen LogP contribution in [0.2, 0.25) is 0 Å².